The maximum Gasteiger partial charge on any atom is 0.339 e. The van der Waals surface area contributed by atoms with Crippen LogP contribution < -0.4 is 5.11 Å². The SMILES string of the molecule is O=C1OC(C(=O)[O-])Cc2ccccc21. The van der Waals surface area contributed by atoms with E-state index in [0.29, 0.717) is 11.1 Å². The van der Waals surface area contributed by atoms with Gasteiger partial charge in [0.05, 0.1) is 11.5 Å². The van der Waals surface area contributed by atoms with Crippen LogP contribution in [0.2, 0.25) is 0 Å². The molecule has 0 bridgehead atoms. The standard InChI is InChI=1S/C10H8O4/c11-9(12)8-5-6-3-1-2-4-7(6)10(13)14-8/h1-4,8H,5H2,(H,11,12)/p-1. The third kappa shape index (κ3) is 1.35. The molecule has 4 nitrogen and oxygen atoms in total. The van der Waals surface area contributed by atoms with Gasteiger partial charge in [0.15, 0.2) is 0 Å². The number of rotatable bonds is 1. The number of carboxylic acid groups (broad SMARTS) is 1. The summed E-state index contributed by atoms with van der Waals surface area (Å²) in [5, 5.41) is 10.5. The predicted octanol–water partition coefficient (Wildman–Crippen LogP) is -0.482. The van der Waals surface area contributed by atoms with Crippen LogP contribution in [-0.4, -0.2) is 18.0 Å². The largest absolute Gasteiger partial charge is 0.546 e. The Morgan fingerprint density at radius 1 is 1.43 bits per heavy atom. The van der Waals surface area contributed by atoms with E-state index in [2.05, 4.69) is 4.74 Å². The second kappa shape index (κ2) is 3.14. The van der Waals surface area contributed by atoms with Crippen LogP contribution in [0.5, 0.6) is 0 Å². The minimum Gasteiger partial charge on any atom is -0.546 e. The monoisotopic (exact) mass is 191 g/mol. The third-order valence-electron chi connectivity index (χ3n) is 2.15. The zero-order valence-electron chi connectivity index (χ0n) is 7.23. The minimum atomic E-state index is -1.35. The van der Waals surface area contributed by atoms with Gasteiger partial charge in [0, 0.05) is 6.42 Å². The van der Waals surface area contributed by atoms with Gasteiger partial charge in [0.1, 0.15) is 6.10 Å². The average molecular weight is 191 g/mol. The summed E-state index contributed by atoms with van der Waals surface area (Å²) < 4.78 is 4.67. The first-order chi connectivity index (χ1) is 6.68. The lowest BCUT2D eigenvalue weighted by molar-refractivity contribution is -0.314. The van der Waals surface area contributed by atoms with Gasteiger partial charge in [0.25, 0.3) is 0 Å². The van der Waals surface area contributed by atoms with Crippen LogP contribution in [0.25, 0.3) is 0 Å². The van der Waals surface area contributed by atoms with Gasteiger partial charge >= 0.3 is 5.97 Å². The molecule has 1 heterocycles. The minimum absolute atomic E-state index is 0.185. The molecule has 14 heavy (non-hydrogen) atoms. The lowest BCUT2D eigenvalue weighted by Gasteiger charge is -2.24. The van der Waals surface area contributed by atoms with E-state index in [0.717, 1.165) is 0 Å². The van der Waals surface area contributed by atoms with E-state index >= 15 is 0 Å². The lowest BCUT2D eigenvalue weighted by Crippen LogP contribution is -2.42. The first kappa shape index (κ1) is 8.74. The summed E-state index contributed by atoms with van der Waals surface area (Å²) in [6.45, 7) is 0. The average Bonchev–Trinajstić information content (AvgIpc) is 2.17. The number of carbonyl (C=O) groups excluding carboxylic acids is 2. The first-order valence-electron chi connectivity index (χ1n) is 4.18. The van der Waals surface area contributed by atoms with Crippen LogP contribution in [0.1, 0.15) is 15.9 Å². The quantitative estimate of drug-likeness (QED) is 0.562. The molecule has 1 aromatic carbocycles. The van der Waals surface area contributed by atoms with Crippen molar-refractivity contribution >= 4 is 11.9 Å². The molecule has 1 atom stereocenters. The van der Waals surface area contributed by atoms with E-state index < -0.39 is 18.0 Å². The fourth-order valence-corrected chi connectivity index (χ4v) is 1.46. The van der Waals surface area contributed by atoms with Gasteiger partial charge in [-0.1, -0.05) is 18.2 Å². The van der Waals surface area contributed by atoms with Crippen LogP contribution in [-0.2, 0) is 16.0 Å². The third-order valence-corrected chi connectivity index (χ3v) is 2.15. The molecular weight excluding hydrogens is 184 g/mol. The Hall–Kier alpha value is -1.84. The van der Waals surface area contributed by atoms with Crippen molar-refractivity contribution in [2.75, 3.05) is 0 Å². The number of aliphatic carboxylic acids is 1. The van der Waals surface area contributed by atoms with Gasteiger partial charge in [0.2, 0.25) is 0 Å². The maximum atomic E-state index is 11.3. The van der Waals surface area contributed by atoms with Crippen LogP contribution >= 0.6 is 0 Å². The van der Waals surface area contributed by atoms with Crippen LogP contribution in [0.3, 0.4) is 0 Å². The molecule has 0 saturated heterocycles. The number of hydrogen-bond donors (Lipinski definition) is 0. The van der Waals surface area contributed by atoms with Crippen LogP contribution in [0.4, 0.5) is 0 Å². The van der Waals surface area contributed by atoms with Gasteiger partial charge < -0.3 is 14.6 Å². The van der Waals surface area contributed by atoms with Gasteiger partial charge in [-0.15, -0.1) is 0 Å². The first-order valence-corrected chi connectivity index (χ1v) is 4.18. The predicted molar refractivity (Wildman–Crippen MR) is 44.4 cm³/mol. The molecule has 0 amide bonds. The Labute approximate surface area is 80.1 Å². The van der Waals surface area contributed by atoms with E-state index in [9.17, 15) is 14.7 Å². The van der Waals surface area contributed by atoms with E-state index in [1.54, 1.807) is 24.3 Å². The van der Waals surface area contributed by atoms with Crippen molar-refractivity contribution < 1.29 is 19.4 Å². The maximum absolute atomic E-state index is 11.3. The highest BCUT2D eigenvalue weighted by Crippen LogP contribution is 2.19. The molecule has 1 aliphatic heterocycles. The molecule has 0 N–H and O–H groups in total. The Kier molecular flexibility index (Phi) is 1.96. The molecule has 2 rings (SSSR count). The van der Waals surface area contributed by atoms with Crippen LogP contribution in [0, 0.1) is 0 Å². The number of ether oxygens (including phenoxy) is 1. The van der Waals surface area contributed by atoms with Crippen molar-refractivity contribution in [2.45, 2.75) is 12.5 Å². The van der Waals surface area contributed by atoms with Crippen LogP contribution in [0.15, 0.2) is 24.3 Å². The normalized spacial score (nSPS) is 19.7. The number of esters is 1. The van der Waals surface area contributed by atoms with Crippen molar-refractivity contribution in [3.05, 3.63) is 35.4 Å². The molecular formula is C10H7O4-. The molecule has 1 unspecified atom stereocenters. The molecule has 4 heteroatoms. The summed E-state index contributed by atoms with van der Waals surface area (Å²) in [4.78, 5) is 21.8. The molecule has 1 aliphatic rings. The molecule has 0 fully saturated rings. The number of cyclic esters (lactones) is 1. The van der Waals surface area contributed by atoms with Gasteiger partial charge in [-0.3, -0.25) is 0 Å². The fraction of sp³-hybridized carbons (Fsp3) is 0.200. The van der Waals surface area contributed by atoms with E-state index in [-0.39, 0.29) is 6.42 Å². The van der Waals surface area contributed by atoms with Crippen molar-refractivity contribution in [1.29, 1.82) is 0 Å². The number of hydrogen-bond acceptors (Lipinski definition) is 4. The molecule has 0 spiro atoms. The van der Waals surface area contributed by atoms with E-state index in [4.69, 9.17) is 0 Å². The molecule has 72 valence electrons. The molecule has 0 saturated carbocycles. The zero-order chi connectivity index (χ0) is 10.1. The highest BCUT2D eigenvalue weighted by molar-refractivity contribution is 5.94. The second-order valence-corrected chi connectivity index (χ2v) is 3.07. The molecule has 0 radical (unpaired) electrons. The summed E-state index contributed by atoms with van der Waals surface area (Å²) in [6.07, 6.45) is -0.970. The summed E-state index contributed by atoms with van der Waals surface area (Å²) in [5.41, 5.74) is 1.13. The Morgan fingerprint density at radius 2 is 2.14 bits per heavy atom. The molecule has 0 aliphatic carbocycles. The molecule has 0 aromatic heterocycles. The summed E-state index contributed by atoms with van der Waals surface area (Å²) in [5.74, 6) is -1.95. The van der Waals surface area contributed by atoms with Crippen molar-refractivity contribution in [1.82, 2.24) is 0 Å². The lowest BCUT2D eigenvalue weighted by atomic mass is 9.99. The fourth-order valence-electron chi connectivity index (χ4n) is 1.46. The number of carbonyl (C=O) groups is 2. The number of carboxylic acids is 1. The highest BCUT2D eigenvalue weighted by atomic mass is 16.6. The second-order valence-electron chi connectivity index (χ2n) is 3.07. The Balaban J connectivity index is 2.38. The topological polar surface area (TPSA) is 66.4 Å². The Bertz CT molecular complexity index is 397. The van der Waals surface area contributed by atoms with Crippen molar-refractivity contribution in [3.63, 3.8) is 0 Å². The van der Waals surface area contributed by atoms with Crippen molar-refractivity contribution in [3.8, 4) is 0 Å². The smallest absolute Gasteiger partial charge is 0.339 e. The van der Waals surface area contributed by atoms with Gasteiger partial charge in [-0.05, 0) is 11.6 Å². The zero-order valence-corrected chi connectivity index (χ0v) is 7.23. The van der Waals surface area contributed by atoms with E-state index in [1.807, 2.05) is 0 Å². The summed E-state index contributed by atoms with van der Waals surface area (Å²) in [6, 6.07) is 6.79. The number of fused-ring (bicyclic) bond motifs is 1. The van der Waals surface area contributed by atoms with Crippen molar-refractivity contribution in [2.24, 2.45) is 0 Å². The van der Waals surface area contributed by atoms with Gasteiger partial charge in [-0.25, -0.2) is 4.79 Å². The summed E-state index contributed by atoms with van der Waals surface area (Å²) in [7, 11) is 0. The highest BCUT2D eigenvalue weighted by Gasteiger charge is 2.26. The summed E-state index contributed by atoms with van der Waals surface area (Å²) >= 11 is 0. The Morgan fingerprint density at radius 3 is 2.86 bits per heavy atom. The number of benzene rings is 1. The van der Waals surface area contributed by atoms with Gasteiger partial charge in [-0.2, -0.15) is 0 Å². The molecule has 1 aromatic rings. The van der Waals surface area contributed by atoms with E-state index in [1.165, 1.54) is 0 Å².